The minimum absolute atomic E-state index is 0.160. The smallest absolute Gasteiger partial charge is 0.177 e. The third kappa shape index (κ3) is 3.14. The van der Waals surface area contributed by atoms with Crippen molar-refractivity contribution in [3.05, 3.63) is 107 Å². The Hall–Kier alpha value is -4.26. The molecule has 0 radical (unpaired) electrons. The molecule has 0 fully saturated rings. The minimum atomic E-state index is -1.81. The number of aliphatic hydroxyl groups is 1. The van der Waals surface area contributed by atoms with Crippen molar-refractivity contribution < 1.29 is 9.52 Å². The van der Waals surface area contributed by atoms with Crippen LogP contribution in [0.25, 0.3) is 11.3 Å². The van der Waals surface area contributed by atoms with Gasteiger partial charge in [-0.2, -0.15) is 10.5 Å². The van der Waals surface area contributed by atoms with Gasteiger partial charge in [-0.05, 0) is 24.3 Å². The highest BCUT2D eigenvalue weighted by Crippen LogP contribution is 2.40. The number of benzene rings is 2. The lowest BCUT2D eigenvalue weighted by Crippen LogP contribution is -2.30. The van der Waals surface area contributed by atoms with E-state index in [4.69, 9.17) is 9.68 Å². The molecule has 1 atom stereocenters. The molecule has 1 unspecified atom stereocenters. The summed E-state index contributed by atoms with van der Waals surface area (Å²) < 4.78 is 6.02. The Morgan fingerprint density at radius 2 is 1.66 bits per heavy atom. The van der Waals surface area contributed by atoms with Gasteiger partial charge in [-0.3, -0.25) is 0 Å². The van der Waals surface area contributed by atoms with Crippen molar-refractivity contribution in [3.8, 4) is 23.5 Å². The van der Waals surface area contributed by atoms with E-state index in [1.165, 1.54) is 24.8 Å². The molecule has 2 aromatic carbocycles. The van der Waals surface area contributed by atoms with Crippen molar-refractivity contribution in [1.29, 1.82) is 10.5 Å². The molecule has 4 rings (SSSR count). The molecule has 0 spiro atoms. The summed E-state index contributed by atoms with van der Waals surface area (Å²) >= 11 is 0. The molecule has 2 aromatic heterocycles. The number of aromatic nitrogens is 2. The number of rotatable bonds is 4. The van der Waals surface area contributed by atoms with E-state index in [1.54, 1.807) is 24.3 Å². The van der Waals surface area contributed by atoms with Crippen LogP contribution < -0.4 is 0 Å². The second-order valence-electron chi connectivity index (χ2n) is 6.35. The Kier molecular flexibility index (Phi) is 4.62. The Morgan fingerprint density at radius 3 is 2.34 bits per heavy atom. The molecule has 0 aliphatic rings. The molecule has 138 valence electrons. The highest BCUT2D eigenvalue weighted by Gasteiger charge is 2.40. The summed E-state index contributed by atoms with van der Waals surface area (Å²) in [5.41, 5.74) is 0.144. The second-order valence-corrected chi connectivity index (χ2v) is 6.35. The van der Waals surface area contributed by atoms with Crippen LogP contribution >= 0.6 is 0 Å². The fourth-order valence-corrected chi connectivity index (χ4v) is 3.23. The standard InChI is InChI=1S/C23H14N4O2/c24-11-16-6-7-20(18(10-16)12-25)23(28,19-13-26-15-27-14-19)22-9-8-21(29-22)17-4-2-1-3-5-17/h1-10,13-15,28H. The van der Waals surface area contributed by atoms with Crippen LogP contribution in [0.2, 0.25) is 0 Å². The Balaban J connectivity index is 1.94. The summed E-state index contributed by atoms with van der Waals surface area (Å²) in [7, 11) is 0. The van der Waals surface area contributed by atoms with E-state index in [0.29, 0.717) is 16.9 Å². The van der Waals surface area contributed by atoms with Crippen LogP contribution in [-0.4, -0.2) is 15.1 Å². The summed E-state index contributed by atoms with van der Waals surface area (Å²) in [4.78, 5) is 8.02. The van der Waals surface area contributed by atoms with Crippen LogP contribution in [0.1, 0.15) is 28.0 Å². The van der Waals surface area contributed by atoms with E-state index >= 15 is 0 Å². The molecule has 0 amide bonds. The van der Waals surface area contributed by atoms with Crippen LogP contribution in [0.3, 0.4) is 0 Å². The molecule has 2 heterocycles. The van der Waals surface area contributed by atoms with E-state index in [-0.39, 0.29) is 16.9 Å². The summed E-state index contributed by atoms with van der Waals surface area (Å²) in [6, 6.07) is 21.5. The third-order valence-corrected chi connectivity index (χ3v) is 4.66. The first-order valence-corrected chi connectivity index (χ1v) is 8.75. The lowest BCUT2D eigenvalue weighted by Gasteiger charge is -2.27. The molecule has 0 aliphatic heterocycles. The SMILES string of the molecule is N#Cc1ccc(C(O)(c2cncnc2)c2ccc(-c3ccccc3)o2)c(C#N)c1. The van der Waals surface area contributed by atoms with Crippen molar-refractivity contribution in [1.82, 2.24) is 9.97 Å². The summed E-state index contributed by atoms with van der Waals surface area (Å²) in [6.07, 6.45) is 4.29. The predicted octanol–water partition coefficient (Wildman–Crippen LogP) is 3.76. The van der Waals surface area contributed by atoms with Gasteiger partial charge in [-0.25, -0.2) is 9.97 Å². The van der Waals surface area contributed by atoms with Crippen molar-refractivity contribution in [3.63, 3.8) is 0 Å². The summed E-state index contributed by atoms with van der Waals surface area (Å²) in [6.45, 7) is 0. The van der Waals surface area contributed by atoms with Crippen LogP contribution in [-0.2, 0) is 5.60 Å². The van der Waals surface area contributed by atoms with E-state index < -0.39 is 5.60 Å². The number of hydrogen-bond donors (Lipinski definition) is 1. The monoisotopic (exact) mass is 378 g/mol. The third-order valence-electron chi connectivity index (χ3n) is 4.66. The maximum absolute atomic E-state index is 11.9. The zero-order valence-corrected chi connectivity index (χ0v) is 15.1. The van der Waals surface area contributed by atoms with Gasteiger partial charge in [0.05, 0.1) is 23.3 Å². The molecular formula is C23H14N4O2. The van der Waals surface area contributed by atoms with Crippen molar-refractivity contribution >= 4 is 0 Å². The first kappa shape index (κ1) is 18.1. The normalized spacial score (nSPS) is 12.5. The molecule has 0 bridgehead atoms. The van der Waals surface area contributed by atoms with E-state index in [9.17, 15) is 10.4 Å². The number of nitrogens with zero attached hydrogens (tertiary/aromatic N) is 4. The Bertz CT molecular complexity index is 1240. The first-order chi connectivity index (χ1) is 14.2. The van der Waals surface area contributed by atoms with E-state index in [2.05, 4.69) is 16.0 Å². The predicted molar refractivity (Wildman–Crippen MR) is 104 cm³/mol. The molecule has 0 saturated carbocycles. The van der Waals surface area contributed by atoms with Gasteiger partial charge in [-0.1, -0.05) is 36.4 Å². The van der Waals surface area contributed by atoms with Gasteiger partial charge in [0.2, 0.25) is 0 Å². The average Bonchev–Trinajstić information content (AvgIpc) is 3.30. The fraction of sp³-hybridized carbons (Fsp3) is 0.0435. The van der Waals surface area contributed by atoms with Gasteiger partial charge < -0.3 is 9.52 Å². The highest BCUT2D eigenvalue weighted by atomic mass is 16.4. The van der Waals surface area contributed by atoms with Crippen LogP contribution in [0.15, 0.2) is 83.8 Å². The van der Waals surface area contributed by atoms with Gasteiger partial charge in [0.25, 0.3) is 0 Å². The van der Waals surface area contributed by atoms with Gasteiger partial charge in [-0.15, -0.1) is 0 Å². The van der Waals surface area contributed by atoms with Crippen LogP contribution in [0.5, 0.6) is 0 Å². The molecule has 1 N–H and O–H groups in total. The number of hydrogen-bond acceptors (Lipinski definition) is 6. The number of nitriles is 2. The quantitative estimate of drug-likeness (QED) is 0.579. The van der Waals surface area contributed by atoms with Gasteiger partial charge in [0.15, 0.2) is 5.60 Å². The van der Waals surface area contributed by atoms with Gasteiger partial charge in [0.1, 0.15) is 17.8 Å². The largest absolute Gasteiger partial charge is 0.457 e. The maximum Gasteiger partial charge on any atom is 0.177 e. The molecular weight excluding hydrogens is 364 g/mol. The zero-order valence-electron chi connectivity index (χ0n) is 15.1. The van der Waals surface area contributed by atoms with Crippen LogP contribution in [0.4, 0.5) is 0 Å². The van der Waals surface area contributed by atoms with Gasteiger partial charge >= 0.3 is 0 Å². The Labute approximate surface area is 167 Å². The van der Waals surface area contributed by atoms with E-state index in [1.807, 2.05) is 36.4 Å². The van der Waals surface area contributed by atoms with E-state index in [0.717, 1.165) is 5.56 Å². The fourth-order valence-electron chi connectivity index (χ4n) is 3.23. The van der Waals surface area contributed by atoms with Crippen LogP contribution in [0, 0.1) is 22.7 Å². The second kappa shape index (κ2) is 7.40. The van der Waals surface area contributed by atoms with Crippen molar-refractivity contribution in [2.75, 3.05) is 0 Å². The van der Waals surface area contributed by atoms with Crippen molar-refractivity contribution in [2.24, 2.45) is 0 Å². The Morgan fingerprint density at radius 1 is 0.897 bits per heavy atom. The summed E-state index contributed by atoms with van der Waals surface area (Å²) in [5.74, 6) is 0.787. The molecule has 6 nitrogen and oxygen atoms in total. The maximum atomic E-state index is 11.9. The van der Waals surface area contributed by atoms with Gasteiger partial charge in [0, 0.05) is 29.1 Å². The molecule has 4 aromatic rings. The number of furan rings is 1. The lowest BCUT2D eigenvalue weighted by atomic mass is 9.82. The molecule has 6 heteroatoms. The highest BCUT2D eigenvalue weighted by molar-refractivity contribution is 5.59. The van der Waals surface area contributed by atoms with Crippen molar-refractivity contribution in [2.45, 2.75) is 5.60 Å². The average molecular weight is 378 g/mol. The minimum Gasteiger partial charge on any atom is -0.457 e. The molecule has 0 saturated heterocycles. The summed E-state index contributed by atoms with van der Waals surface area (Å²) in [5, 5.41) is 30.7. The molecule has 29 heavy (non-hydrogen) atoms. The topological polar surface area (TPSA) is 107 Å². The first-order valence-electron chi connectivity index (χ1n) is 8.75. The lowest BCUT2D eigenvalue weighted by molar-refractivity contribution is 0.0987. The molecule has 0 aliphatic carbocycles. The zero-order chi connectivity index (χ0) is 20.3.